The Morgan fingerprint density at radius 1 is 0.941 bits per heavy atom. The Balaban J connectivity index is 1.28. The molecule has 0 fully saturated rings. The van der Waals surface area contributed by atoms with Gasteiger partial charge >= 0.3 is 5.97 Å². The Morgan fingerprint density at radius 2 is 1.65 bits per heavy atom. The minimum Gasteiger partial charge on any atom is -0.492 e. The van der Waals surface area contributed by atoms with Crippen molar-refractivity contribution in [2.45, 2.75) is 13.3 Å². The summed E-state index contributed by atoms with van der Waals surface area (Å²) in [7, 11) is 0. The van der Waals surface area contributed by atoms with Gasteiger partial charge in [0.25, 0.3) is 0 Å². The molecule has 3 N–H and O–H groups in total. The fourth-order valence-corrected chi connectivity index (χ4v) is 3.67. The highest BCUT2D eigenvalue weighted by atomic mass is 16.5. The quantitative estimate of drug-likeness (QED) is 0.290. The smallest absolute Gasteiger partial charge is 0.335 e. The maximum Gasteiger partial charge on any atom is 0.335 e. The Kier molecular flexibility index (Phi) is 7.13. The van der Waals surface area contributed by atoms with Gasteiger partial charge in [-0.05, 0) is 60.0 Å². The fraction of sp³-hybridized carbons (Fsp3) is 0.185. The zero-order valence-electron chi connectivity index (χ0n) is 18.8. The number of nitrogens with one attached hydrogen (secondary N) is 2. The summed E-state index contributed by atoms with van der Waals surface area (Å²) in [6.07, 6.45) is 2.45. The van der Waals surface area contributed by atoms with Crippen molar-refractivity contribution >= 4 is 28.5 Å². The Bertz CT molecular complexity index is 1280. The number of rotatable bonds is 10. The van der Waals surface area contributed by atoms with Crippen LogP contribution in [0.15, 0.2) is 77.4 Å². The van der Waals surface area contributed by atoms with Crippen LogP contribution in [-0.4, -0.2) is 36.7 Å². The van der Waals surface area contributed by atoms with Crippen LogP contribution in [0.25, 0.3) is 22.1 Å². The summed E-state index contributed by atoms with van der Waals surface area (Å²) in [6.45, 7) is 3.20. The third-order valence-corrected chi connectivity index (χ3v) is 5.44. The van der Waals surface area contributed by atoms with E-state index in [1.54, 1.807) is 30.5 Å². The first-order valence-corrected chi connectivity index (χ1v) is 11.0. The van der Waals surface area contributed by atoms with Gasteiger partial charge in [0.05, 0.1) is 11.8 Å². The highest BCUT2D eigenvalue weighted by Gasteiger charge is 2.08. The number of carboxylic acids is 1. The summed E-state index contributed by atoms with van der Waals surface area (Å²) in [6, 6.07) is 20.4. The van der Waals surface area contributed by atoms with E-state index < -0.39 is 5.97 Å². The zero-order chi connectivity index (χ0) is 23.9. The van der Waals surface area contributed by atoms with E-state index in [2.05, 4.69) is 10.6 Å². The van der Waals surface area contributed by atoms with Crippen molar-refractivity contribution in [2.24, 2.45) is 0 Å². The lowest BCUT2D eigenvalue weighted by Gasteiger charge is -2.10. The number of ether oxygens (including phenoxy) is 1. The van der Waals surface area contributed by atoms with Crippen LogP contribution < -0.4 is 15.4 Å². The Morgan fingerprint density at radius 3 is 2.32 bits per heavy atom. The molecule has 4 rings (SSSR count). The van der Waals surface area contributed by atoms with Gasteiger partial charge in [0.2, 0.25) is 5.91 Å². The van der Waals surface area contributed by atoms with Crippen LogP contribution in [0.5, 0.6) is 5.75 Å². The SMILES string of the molecule is CC(=O)NCCc1coc2ccc(NCCOc3ccc(-c4ccc(C(=O)O)cc4)cc3)cc12. The van der Waals surface area contributed by atoms with Crippen molar-refractivity contribution in [1.82, 2.24) is 5.32 Å². The second kappa shape index (κ2) is 10.6. The first kappa shape index (κ1) is 22.9. The van der Waals surface area contributed by atoms with Crippen molar-refractivity contribution < 1.29 is 23.8 Å². The van der Waals surface area contributed by atoms with Crippen molar-refractivity contribution in [2.75, 3.05) is 25.0 Å². The molecule has 4 aromatic rings. The molecule has 0 atom stereocenters. The van der Waals surface area contributed by atoms with Crippen LogP contribution >= 0.6 is 0 Å². The minimum absolute atomic E-state index is 0.0424. The van der Waals surface area contributed by atoms with Gasteiger partial charge in [0.15, 0.2) is 0 Å². The molecule has 3 aromatic carbocycles. The molecule has 0 aliphatic heterocycles. The number of aromatic carboxylic acids is 1. The van der Waals surface area contributed by atoms with Crippen LogP contribution in [0.2, 0.25) is 0 Å². The third kappa shape index (κ3) is 5.75. The van der Waals surface area contributed by atoms with Crippen LogP contribution in [-0.2, 0) is 11.2 Å². The number of hydrogen-bond donors (Lipinski definition) is 3. The Hall–Kier alpha value is -4.26. The van der Waals surface area contributed by atoms with Gasteiger partial charge in [-0.3, -0.25) is 4.79 Å². The summed E-state index contributed by atoms with van der Waals surface area (Å²) in [5.41, 5.74) is 5.05. The average Bonchev–Trinajstić information content (AvgIpc) is 3.24. The van der Waals surface area contributed by atoms with E-state index in [-0.39, 0.29) is 11.5 Å². The molecule has 0 spiro atoms. The van der Waals surface area contributed by atoms with Crippen molar-refractivity contribution in [3.8, 4) is 16.9 Å². The van der Waals surface area contributed by atoms with Gasteiger partial charge in [-0.1, -0.05) is 24.3 Å². The molecule has 1 aromatic heterocycles. The van der Waals surface area contributed by atoms with E-state index >= 15 is 0 Å². The number of carbonyl (C=O) groups is 2. The van der Waals surface area contributed by atoms with Crippen molar-refractivity contribution in [3.05, 3.63) is 84.1 Å². The molecule has 1 amide bonds. The van der Waals surface area contributed by atoms with E-state index in [1.807, 2.05) is 42.5 Å². The second-order valence-corrected chi connectivity index (χ2v) is 7.89. The first-order valence-electron chi connectivity index (χ1n) is 11.0. The number of anilines is 1. The molecule has 174 valence electrons. The highest BCUT2D eigenvalue weighted by molar-refractivity contribution is 5.88. The lowest BCUT2D eigenvalue weighted by molar-refractivity contribution is -0.118. The third-order valence-electron chi connectivity index (χ3n) is 5.44. The van der Waals surface area contributed by atoms with E-state index in [4.69, 9.17) is 14.3 Å². The molecule has 34 heavy (non-hydrogen) atoms. The van der Waals surface area contributed by atoms with Crippen LogP contribution in [0, 0.1) is 0 Å². The number of carboxylic acid groups (broad SMARTS) is 1. The predicted octanol–water partition coefficient (Wildman–Crippen LogP) is 4.97. The van der Waals surface area contributed by atoms with Gasteiger partial charge in [-0.2, -0.15) is 0 Å². The number of fused-ring (bicyclic) bond motifs is 1. The standard InChI is InChI=1S/C27H26N2O5/c1-18(30)28-13-12-22-17-34-26-11-8-23(16-25(22)26)29-14-15-33-24-9-6-20(7-10-24)19-2-4-21(5-3-19)27(31)32/h2-11,16-17,29H,12-15H2,1H3,(H,28,30)(H,31,32). The van der Waals surface area contributed by atoms with Crippen LogP contribution in [0.1, 0.15) is 22.8 Å². The summed E-state index contributed by atoms with van der Waals surface area (Å²) < 4.78 is 11.5. The van der Waals surface area contributed by atoms with Crippen LogP contribution in [0.3, 0.4) is 0 Å². The number of carbonyl (C=O) groups excluding carboxylic acids is 1. The number of amides is 1. The lowest BCUT2D eigenvalue weighted by Crippen LogP contribution is -2.22. The largest absolute Gasteiger partial charge is 0.492 e. The average molecular weight is 459 g/mol. The number of benzene rings is 3. The molecule has 7 heteroatoms. The number of hydrogen-bond acceptors (Lipinski definition) is 5. The van der Waals surface area contributed by atoms with E-state index in [1.165, 1.54) is 6.92 Å². The maximum absolute atomic E-state index is 11.1. The molecule has 0 bridgehead atoms. The highest BCUT2D eigenvalue weighted by Crippen LogP contribution is 2.25. The molecule has 7 nitrogen and oxygen atoms in total. The predicted molar refractivity (Wildman–Crippen MR) is 131 cm³/mol. The summed E-state index contributed by atoms with van der Waals surface area (Å²) in [5, 5.41) is 16.2. The van der Waals surface area contributed by atoms with Gasteiger partial charge in [0, 0.05) is 36.7 Å². The van der Waals surface area contributed by atoms with Gasteiger partial charge in [-0.25, -0.2) is 4.79 Å². The number of furan rings is 1. The Labute approximate surface area is 197 Å². The van der Waals surface area contributed by atoms with Crippen LogP contribution in [0.4, 0.5) is 5.69 Å². The minimum atomic E-state index is -0.934. The molecule has 0 unspecified atom stereocenters. The fourth-order valence-electron chi connectivity index (χ4n) is 3.67. The van der Waals surface area contributed by atoms with Crippen molar-refractivity contribution in [1.29, 1.82) is 0 Å². The molecular formula is C27H26N2O5. The molecule has 0 radical (unpaired) electrons. The second-order valence-electron chi connectivity index (χ2n) is 7.89. The normalized spacial score (nSPS) is 10.7. The van der Waals surface area contributed by atoms with E-state index in [0.29, 0.717) is 26.1 Å². The van der Waals surface area contributed by atoms with E-state index in [0.717, 1.165) is 39.1 Å². The summed E-state index contributed by atoms with van der Waals surface area (Å²) >= 11 is 0. The van der Waals surface area contributed by atoms with Gasteiger partial charge in [0.1, 0.15) is 17.9 Å². The molecule has 0 saturated heterocycles. The van der Waals surface area contributed by atoms with E-state index in [9.17, 15) is 9.59 Å². The summed E-state index contributed by atoms with van der Waals surface area (Å²) in [4.78, 5) is 22.1. The molecule has 1 heterocycles. The maximum atomic E-state index is 11.1. The van der Waals surface area contributed by atoms with Crippen molar-refractivity contribution in [3.63, 3.8) is 0 Å². The monoisotopic (exact) mass is 458 g/mol. The molecular weight excluding hydrogens is 432 g/mol. The molecule has 0 saturated carbocycles. The van der Waals surface area contributed by atoms with Gasteiger partial charge < -0.3 is 24.9 Å². The topological polar surface area (TPSA) is 101 Å². The first-order chi connectivity index (χ1) is 16.5. The summed E-state index contributed by atoms with van der Waals surface area (Å²) in [5.74, 6) is -0.214. The zero-order valence-corrected chi connectivity index (χ0v) is 18.8. The lowest BCUT2D eigenvalue weighted by atomic mass is 10.0. The van der Waals surface area contributed by atoms with Gasteiger partial charge in [-0.15, -0.1) is 0 Å². The molecule has 0 aliphatic carbocycles. The molecule has 0 aliphatic rings.